The van der Waals surface area contributed by atoms with E-state index in [0.29, 0.717) is 12.5 Å². The van der Waals surface area contributed by atoms with Crippen LogP contribution in [-0.2, 0) is 14.3 Å². The van der Waals surface area contributed by atoms with Gasteiger partial charge >= 0.3 is 6.61 Å². The van der Waals surface area contributed by atoms with Crippen LogP contribution in [0.4, 0.5) is 20.2 Å². The van der Waals surface area contributed by atoms with E-state index in [4.69, 9.17) is 10.5 Å². The molecule has 0 aromatic heterocycles. The number of rotatable bonds is 9. The van der Waals surface area contributed by atoms with Crippen LogP contribution in [0.3, 0.4) is 0 Å². The van der Waals surface area contributed by atoms with Gasteiger partial charge in [-0.15, -0.1) is 6.54 Å². The fraction of sp³-hybridized carbons (Fsp3) is 0.556. The van der Waals surface area contributed by atoms with Crippen LogP contribution in [0, 0.1) is 5.92 Å². The number of benzene rings is 1. The number of carbonyl (C=O) groups excluding carboxylic acids is 2. The van der Waals surface area contributed by atoms with E-state index in [0.717, 1.165) is 0 Å². The first-order valence-electron chi connectivity index (χ1n) is 8.97. The van der Waals surface area contributed by atoms with Gasteiger partial charge in [0.05, 0.1) is 18.3 Å². The van der Waals surface area contributed by atoms with E-state index in [-0.39, 0.29) is 49.3 Å². The summed E-state index contributed by atoms with van der Waals surface area (Å²) >= 11 is 0. The third-order valence-corrected chi connectivity index (χ3v) is 4.01. The maximum Gasteiger partial charge on any atom is 0.387 e. The number of carbonyl (C=O) groups is 2. The number of halogens is 2. The van der Waals surface area contributed by atoms with Gasteiger partial charge in [0.15, 0.2) is 5.75 Å². The molecule has 1 aliphatic rings. The van der Waals surface area contributed by atoms with Crippen LogP contribution in [0.15, 0.2) is 18.2 Å². The summed E-state index contributed by atoms with van der Waals surface area (Å²) in [4.78, 5) is 25.7. The molecule has 1 saturated heterocycles. The second-order valence-electron chi connectivity index (χ2n) is 6.71. The van der Waals surface area contributed by atoms with E-state index in [1.165, 1.54) is 23.1 Å². The van der Waals surface area contributed by atoms with Crippen molar-refractivity contribution in [3.63, 3.8) is 0 Å². The Morgan fingerprint density at radius 3 is 2.75 bits per heavy atom. The number of alkyl halides is 2. The molecule has 2 rings (SSSR count). The van der Waals surface area contributed by atoms with Gasteiger partial charge in [0.1, 0.15) is 6.61 Å². The number of morpholine rings is 1. The SMILES string of the molecule is CC(C)CN[C@@H](C[NH-])C(=O)Nc1ccc(N2CCOCC2=O)c(OC(F)F)c1. The molecular formula is C18H25F2N4O4-. The Hall–Kier alpha value is -2.30. The first-order valence-corrected chi connectivity index (χ1v) is 8.97. The van der Waals surface area contributed by atoms with E-state index >= 15 is 0 Å². The van der Waals surface area contributed by atoms with Crippen LogP contribution >= 0.6 is 0 Å². The zero-order valence-electron chi connectivity index (χ0n) is 15.8. The van der Waals surface area contributed by atoms with Gasteiger partial charge in [-0.3, -0.25) is 9.59 Å². The smallest absolute Gasteiger partial charge is 0.387 e. The Morgan fingerprint density at radius 2 is 2.14 bits per heavy atom. The van der Waals surface area contributed by atoms with Crippen LogP contribution in [0.1, 0.15) is 13.8 Å². The van der Waals surface area contributed by atoms with Gasteiger partial charge in [-0.2, -0.15) is 8.78 Å². The summed E-state index contributed by atoms with van der Waals surface area (Å²) in [6.07, 6.45) is 0. The van der Waals surface area contributed by atoms with Crippen molar-refractivity contribution < 1.29 is 27.8 Å². The number of ether oxygens (including phenoxy) is 2. The summed E-state index contributed by atoms with van der Waals surface area (Å²) in [6, 6.07) is 3.44. The molecule has 3 N–H and O–H groups in total. The van der Waals surface area contributed by atoms with Crippen molar-refractivity contribution in [2.75, 3.05) is 43.1 Å². The molecular weight excluding hydrogens is 374 g/mol. The molecule has 10 heteroatoms. The van der Waals surface area contributed by atoms with Crippen LogP contribution in [-0.4, -0.2) is 57.3 Å². The normalized spacial score (nSPS) is 15.8. The van der Waals surface area contributed by atoms with Crippen molar-refractivity contribution in [1.82, 2.24) is 5.32 Å². The standard InChI is InChI=1S/C18H25F2N4O4/c1-11(2)9-22-13(8-21)17(26)23-12-3-4-14(15(7-12)28-18(19)20)24-5-6-27-10-16(24)25/h3-4,7,11,13,18,21-22H,5-6,8-10H2,1-2H3,(H,23,26)/q-1/t13-/m0/s1. The summed E-state index contributed by atoms with van der Waals surface area (Å²) in [7, 11) is 0. The lowest BCUT2D eigenvalue weighted by Gasteiger charge is -2.28. The summed E-state index contributed by atoms with van der Waals surface area (Å²) in [5.41, 5.74) is 7.94. The van der Waals surface area contributed by atoms with Gasteiger partial charge in [0.2, 0.25) is 5.91 Å². The lowest BCUT2D eigenvalue weighted by atomic mass is 10.2. The van der Waals surface area contributed by atoms with Crippen LogP contribution in [0.2, 0.25) is 0 Å². The lowest BCUT2D eigenvalue weighted by Crippen LogP contribution is -2.43. The molecule has 8 nitrogen and oxygen atoms in total. The Kier molecular flexibility index (Phi) is 8.09. The molecule has 1 aliphatic heterocycles. The molecule has 1 heterocycles. The van der Waals surface area contributed by atoms with Crippen molar-refractivity contribution >= 4 is 23.2 Å². The summed E-state index contributed by atoms with van der Waals surface area (Å²) in [5.74, 6) is -0.734. The largest absolute Gasteiger partial charge is 0.676 e. The maximum absolute atomic E-state index is 12.8. The topological polar surface area (TPSA) is 104 Å². The number of nitrogens with one attached hydrogen (secondary N) is 3. The Morgan fingerprint density at radius 1 is 1.39 bits per heavy atom. The molecule has 1 fully saturated rings. The van der Waals surface area contributed by atoms with Gasteiger partial charge in [0, 0.05) is 18.3 Å². The fourth-order valence-corrected chi connectivity index (χ4v) is 2.64. The van der Waals surface area contributed by atoms with Gasteiger partial charge in [0.25, 0.3) is 5.91 Å². The Balaban J connectivity index is 2.18. The predicted octanol–water partition coefficient (Wildman–Crippen LogP) is 2.26. The van der Waals surface area contributed by atoms with E-state index in [1.807, 2.05) is 13.8 Å². The number of anilines is 2. The average molecular weight is 399 g/mol. The van der Waals surface area contributed by atoms with Gasteiger partial charge in [-0.05, 0) is 24.6 Å². The highest BCUT2D eigenvalue weighted by Crippen LogP contribution is 2.33. The minimum Gasteiger partial charge on any atom is -0.676 e. The zero-order chi connectivity index (χ0) is 20.7. The first-order chi connectivity index (χ1) is 13.3. The second kappa shape index (κ2) is 10.3. The van der Waals surface area contributed by atoms with Gasteiger partial charge in [-0.25, -0.2) is 0 Å². The number of hydrogen-bond donors (Lipinski definition) is 2. The van der Waals surface area contributed by atoms with Crippen molar-refractivity contribution in [3.8, 4) is 5.75 Å². The quantitative estimate of drug-likeness (QED) is 0.663. The molecule has 0 bridgehead atoms. The predicted molar refractivity (Wildman–Crippen MR) is 101 cm³/mol. The molecule has 0 aliphatic carbocycles. The van der Waals surface area contributed by atoms with Gasteiger partial charge < -0.3 is 30.7 Å². The molecule has 0 radical (unpaired) electrons. The van der Waals surface area contributed by atoms with E-state index in [9.17, 15) is 18.4 Å². The van der Waals surface area contributed by atoms with Crippen LogP contribution < -0.4 is 20.3 Å². The molecule has 2 amide bonds. The highest BCUT2D eigenvalue weighted by molar-refractivity contribution is 5.98. The molecule has 28 heavy (non-hydrogen) atoms. The van der Waals surface area contributed by atoms with Crippen molar-refractivity contribution in [2.24, 2.45) is 5.92 Å². The fourth-order valence-electron chi connectivity index (χ4n) is 2.64. The molecule has 1 aromatic rings. The summed E-state index contributed by atoms with van der Waals surface area (Å²) in [6.45, 7) is 1.62. The highest BCUT2D eigenvalue weighted by atomic mass is 19.3. The highest BCUT2D eigenvalue weighted by Gasteiger charge is 2.25. The lowest BCUT2D eigenvalue weighted by molar-refractivity contribution is -0.125. The Bertz CT molecular complexity index is 688. The monoisotopic (exact) mass is 399 g/mol. The number of amides is 2. The van der Waals surface area contributed by atoms with Crippen molar-refractivity contribution in [3.05, 3.63) is 23.9 Å². The summed E-state index contributed by atoms with van der Waals surface area (Å²) in [5, 5.41) is 5.58. The molecule has 156 valence electrons. The van der Waals surface area contributed by atoms with Crippen molar-refractivity contribution in [2.45, 2.75) is 26.5 Å². The van der Waals surface area contributed by atoms with E-state index in [2.05, 4.69) is 15.4 Å². The van der Waals surface area contributed by atoms with E-state index in [1.54, 1.807) is 0 Å². The van der Waals surface area contributed by atoms with Gasteiger partial charge in [-0.1, -0.05) is 13.8 Å². The number of nitrogens with zero attached hydrogens (tertiary/aromatic N) is 1. The minimum absolute atomic E-state index is 0.140. The Labute approximate surface area is 162 Å². The summed E-state index contributed by atoms with van der Waals surface area (Å²) < 4.78 is 35.3. The maximum atomic E-state index is 12.8. The minimum atomic E-state index is -3.09. The third-order valence-electron chi connectivity index (χ3n) is 4.01. The third kappa shape index (κ3) is 6.11. The molecule has 0 spiro atoms. The molecule has 0 saturated carbocycles. The zero-order valence-corrected chi connectivity index (χ0v) is 15.8. The molecule has 1 atom stereocenters. The van der Waals surface area contributed by atoms with E-state index < -0.39 is 18.6 Å². The number of hydrogen-bond acceptors (Lipinski definition) is 5. The average Bonchev–Trinajstić information content (AvgIpc) is 2.62. The first kappa shape index (κ1) is 22.0. The molecule has 1 aromatic carbocycles. The second-order valence-corrected chi connectivity index (χ2v) is 6.71. The van der Waals surface area contributed by atoms with Crippen molar-refractivity contribution in [1.29, 1.82) is 0 Å². The van der Waals surface area contributed by atoms with Crippen LogP contribution in [0.5, 0.6) is 5.75 Å². The van der Waals surface area contributed by atoms with Crippen LogP contribution in [0.25, 0.3) is 5.73 Å². The molecule has 0 unspecified atom stereocenters.